The van der Waals surface area contributed by atoms with E-state index < -0.39 is 0 Å². The highest BCUT2D eigenvalue weighted by atomic mass is 16.5. The van der Waals surface area contributed by atoms with E-state index in [1.165, 1.54) is 0 Å². The molecule has 0 radical (unpaired) electrons. The Kier molecular flexibility index (Phi) is 2.40. The summed E-state index contributed by atoms with van der Waals surface area (Å²) in [5.41, 5.74) is 5.68. The molecule has 1 fully saturated rings. The van der Waals surface area contributed by atoms with E-state index in [1.54, 1.807) is 6.92 Å². The van der Waals surface area contributed by atoms with E-state index >= 15 is 0 Å². The van der Waals surface area contributed by atoms with E-state index in [9.17, 15) is 4.79 Å². The highest BCUT2D eigenvalue weighted by Gasteiger charge is 2.25. The van der Waals surface area contributed by atoms with Gasteiger partial charge in [-0.3, -0.25) is 4.79 Å². The molecule has 2 N–H and O–H groups in total. The molecule has 1 rings (SSSR count). The molecular formula is C7H13NO2. The van der Waals surface area contributed by atoms with Gasteiger partial charge in [0.1, 0.15) is 5.78 Å². The lowest BCUT2D eigenvalue weighted by molar-refractivity contribution is -0.125. The van der Waals surface area contributed by atoms with Crippen molar-refractivity contribution in [3.05, 3.63) is 0 Å². The number of Topliss-reactive ketones (excluding diaryl/α,β-unsaturated/α-hetero) is 1. The molecule has 0 aliphatic carbocycles. The Morgan fingerprint density at radius 1 is 1.70 bits per heavy atom. The zero-order valence-corrected chi connectivity index (χ0v) is 6.17. The second-order valence-corrected chi connectivity index (χ2v) is 2.74. The van der Waals surface area contributed by atoms with Crippen molar-refractivity contribution >= 4 is 5.78 Å². The maximum atomic E-state index is 10.8. The van der Waals surface area contributed by atoms with Crippen LogP contribution >= 0.6 is 0 Å². The van der Waals surface area contributed by atoms with E-state index in [1.807, 2.05) is 0 Å². The molecule has 0 bridgehead atoms. The zero-order valence-electron chi connectivity index (χ0n) is 6.17. The van der Waals surface area contributed by atoms with E-state index in [0.29, 0.717) is 13.2 Å². The molecule has 1 aliphatic rings. The van der Waals surface area contributed by atoms with Gasteiger partial charge >= 0.3 is 0 Å². The van der Waals surface area contributed by atoms with Crippen LogP contribution in [0.25, 0.3) is 0 Å². The van der Waals surface area contributed by atoms with E-state index in [2.05, 4.69) is 0 Å². The molecule has 3 nitrogen and oxygen atoms in total. The molecule has 1 saturated heterocycles. The molecule has 3 heteroatoms. The predicted octanol–water partition coefficient (Wildman–Crippen LogP) is -0.0608. The lowest BCUT2D eigenvalue weighted by Gasteiger charge is -2.26. The Labute approximate surface area is 60.5 Å². The summed E-state index contributed by atoms with van der Waals surface area (Å²) in [6.45, 7) is 2.78. The highest BCUT2D eigenvalue weighted by molar-refractivity contribution is 5.79. The standard InChI is InChI=1S/C7H13NO2/c1-5(9)6-4-10-3-2-7(6)8/h6-7H,2-4,8H2,1H3/t6-,7-/m1/s1. The van der Waals surface area contributed by atoms with Crippen molar-refractivity contribution in [2.45, 2.75) is 19.4 Å². The van der Waals surface area contributed by atoms with Crippen LogP contribution in [0.3, 0.4) is 0 Å². The lowest BCUT2D eigenvalue weighted by Crippen LogP contribution is -2.42. The summed E-state index contributed by atoms with van der Waals surface area (Å²) in [6.07, 6.45) is 0.810. The maximum Gasteiger partial charge on any atom is 0.136 e. The lowest BCUT2D eigenvalue weighted by atomic mass is 9.93. The Hall–Kier alpha value is -0.410. The van der Waals surface area contributed by atoms with Crippen molar-refractivity contribution < 1.29 is 9.53 Å². The van der Waals surface area contributed by atoms with Crippen LogP contribution in [-0.2, 0) is 9.53 Å². The highest BCUT2D eigenvalue weighted by Crippen LogP contribution is 2.12. The summed E-state index contributed by atoms with van der Waals surface area (Å²) in [4.78, 5) is 10.8. The SMILES string of the molecule is CC(=O)[C@H]1COCC[C@H]1N. The van der Waals surface area contributed by atoms with E-state index in [0.717, 1.165) is 6.42 Å². The van der Waals surface area contributed by atoms with Crippen LogP contribution in [0.4, 0.5) is 0 Å². The maximum absolute atomic E-state index is 10.8. The molecule has 0 unspecified atom stereocenters. The number of hydrogen-bond donors (Lipinski definition) is 1. The van der Waals surface area contributed by atoms with Crippen LogP contribution in [0.5, 0.6) is 0 Å². The number of carbonyl (C=O) groups excluding carboxylic acids is 1. The van der Waals surface area contributed by atoms with Gasteiger partial charge < -0.3 is 10.5 Å². The Morgan fingerprint density at radius 2 is 2.40 bits per heavy atom. The van der Waals surface area contributed by atoms with Crippen LogP contribution in [0.15, 0.2) is 0 Å². The quantitative estimate of drug-likeness (QED) is 0.559. The third-order valence-corrected chi connectivity index (χ3v) is 1.93. The summed E-state index contributed by atoms with van der Waals surface area (Å²) in [6, 6.07) is 0.0197. The van der Waals surface area contributed by atoms with Gasteiger partial charge in [0, 0.05) is 12.6 Å². The number of ether oxygens (including phenoxy) is 1. The fraction of sp³-hybridized carbons (Fsp3) is 0.857. The molecule has 0 spiro atoms. The van der Waals surface area contributed by atoms with Crippen LogP contribution in [0.2, 0.25) is 0 Å². The summed E-state index contributed by atoms with van der Waals surface area (Å²) in [7, 11) is 0. The minimum atomic E-state index is -0.0613. The minimum Gasteiger partial charge on any atom is -0.381 e. The first-order valence-corrected chi connectivity index (χ1v) is 3.55. The first-order chi connectivity index (χ1) is 4.72. The normalized spacial score (nSPS) is 33.8. The monoisotopic (exact) mass is 143 g/mol. The van der Waals surface area contributed by atoms with Crippen molar-refractivity contribution in [3.63, 3.8) is 0 Å². The average molecular weight is 143 g/mol. The molecular weight excluding hydrogens is 130 g/mol. The molecule has 2 atom stereocenters. The van der Waals surface area contributed by atoms with Gasteiger partial charge in [-0.05, 0) is 13.3 Å². The van der Waals surface area contributed by atoms with Crippen LogP contribution in [-0.4, -0.2) is 25.0 Å². The smallest absolute Gasteiger partial charge is 0.136 e. The van der Waals surface area contributed by atoms with Crippen molar-refractivity contribution in [2.75, 3.05) is 13.2 Å². The largest absolute Gasteiger partial charge is 0.381 e. The zero-order chi connectivity index (χ0) is 7.56. The molecule has 0 saturated carbocycles. The van der Waals surface area contributed by atoms with Gasteiger partial charge in [0.05, 0.1) is 12.5 Å². The fourth-order valence-electron chi connectivity index (χ4n) is 1.17. The summed E-state index contributed by atoms with van der Waals surface area (Å²) >= 11 is 0. The van der Waals surface area contributed by atoms with E-state index in [-0.39, 0.29) is 17.7 Å². The summed E-state index contributed by atoms with van der Waals surface area (Å²) < 4.78 is 5.11. The number of carbonyl (C=O) groups is 1. The third-order valence-electron chi connectivity index (χ3n) is 1.93. The topological polar surface area (TPSA) is 52.3 Å². The van der Waals surface area contributed by atoms with Crippen molar-refractivity contribution in [2.24, 2.45) is 11.7 Å². The van der Waals surface area contributed by atoms with Crippen LogP contribution in [0.1, 0.15) is 13.3 Å². The fourth-order valence-corrected chi connectivity index (χ4v) is 1.17. The van der Waals surface area contributed by atoms with Crippen molar-refractivity contribution in [1.82, 2.24) is 0 Å². The van der Waals surface area contributed by atoms with Gasteiger partial charge in [0.15, 0.2) is 0 Å². The minimum absolute atomic E-state index is 0.0197. The first kappa shape index (κ1) is 7.69. The average Bonchev–Trinajstić information content (AvgIpc) is 1.88. The molecule has 58 valence electrons. The Morgan fingerprint density at radius 3 is 2.80 bits per heavy atom. The number of rotatable bonds is 1. The van der Waals surface area contributed by atoms with Gasteiger partial charge in [-0.1, -0.05) is 0 Å². The van der Waals surface area contributed by atoms with Crippen molar-refractivity contribution in [3.8, 4) is 0 Å². The van der Waals surface area contributed by atoms with Gasteiger partial charge in [0.25, 0.3) is 0 Å². The van der Waals surface area contributed by atoms with Crippen molar-refractivity contribution in [1.29, 1.82) is 0 Å². The Balaban J connectivity index is 2.47. The molecule has 1 heterocycles. The molecule has 1 aliphatic heterocycles. The second-order valence-electron chi connectivity index (χ2n) is 2.74. The molecule has 0 aromatic heterocycles. The first-order valence-electron chi connectivity index (χ1n) is 3.55. The predicted molar refractivity (Wildman–Crippen MR) is 37.6 cm³/mol. The summed E-state index contributed by atoms with van der Waals surface area (Å²) in [5.74, 6) is 0.0842. The van der Waals surface area contributed by atoms with E-state index in [4.69, 9.17) is 10.5 Å². The van der Waals surface area contributed by atoms with Gasteiger partial charge in [0.2, 0.25) is 0 Å². The molecule has 0 aromatic carbocycles. The van der Waals surface area contributed by atoms with Crippen LogP contribution < -0.4 is 5.73 Å². The number of hydrogen-bond acceptors (Lipinski definition) is 3. The van der Waals surface area contributed by atoms with Gasteiger partial charge in [-0.25, -0.2) is 0 Å². The number of ketones is 1. The van der Waals surface area contributed by atoms with Gasteiger partial charge in [-0.2, -0.15) is 0 Å². The second kappa shape index (κ2) is 3.12. The summed E-state index contributed by atoms with van der Waals surface area (Å²) in [5, 5.41) is 0. The molecule has 0 amide bonds. The molecule has 10 heavy (non-hydrogen) atoms. The third kappa shape index (κ3) is 1.55. The van der Waals surface area contributed by atoms with Crippen LogP contribution in [0, 0.1) is 5.92 Å². The molecule has 0 aromatic rings. The van der Waals surface area contributed by atoms with Gasteiger partial charge in [-0.15, -0.1) is 0 Å². The number of nitrogens with two attached hydrogens (primary N) is 1. The Bertz CT molecular complexity index is 136.